The number of nitro groups is 4. The molecule has 0 spiro atoms. The second-order valence-corrected chi connectivity index (χ2v) is 11.4. The molecule has 0 aliphatic carbocycles. The summed E-state index contributed by atoms with van der Waals surface area (Å²) >= 11 is 0. The number of benzene rings is 5. The number of carbonyl (C=O) groups is 2. The van der Waals surface area contributed by atoms with Crippen LogP contribution in [0.25, 0.3) is 33.9 Å². The lowest BCUT2D eigenvalue weighted by Gasteiger charge is -2.11. The Kier molecular flexibility index (Phi) is 9.81. The van der Waals surface area contributed by atoms with Crippen molar-refractivity contribution in [1.29, 1.82) is 0 Å². The van der Waals surface area contributed by atoms with E-state index in [1.165, 1.54) is 0 Å². The first kappa shape index (κ1) is 35.5. The standard InChI is InChI=1S/C36H22N8O10/c45-35(24-14-28(41(47)48)18-29(15-24)42(49)50)37-26-10-6-21(7-11-26)32-20-33(40-34(39-32)23-4-2-1-3-5-23)22-8-12-27(13-9-22)38-36(46)25-16-30(43(51)52)19-31(17-25)44(53)54/h1-20H,(H,37,45)(H,38,46). The van der Waals surface area contributed by atoms with Crippen molar-refractivity contribution in [3.63, 3.8) is 0 Å². The molecule has 2 N–H and O–H groups in total. The van der Waals surface area contributed by atoms with Crippen LogP contribution in [0, 0.1) is 40.5 Å². The number of hydrogen-bond acceptors (Lipinski definition) is 12. The zero-order valence-corrected chi connectivity index (χ0v) is 27.3. The first-order valence-electron chi connectivity index (χ1n) is 15.5. The van der Waals surface area contributed by atoms with Crippen molar-refractivity contribution in [1.82, 2.24) is 9.97 Å². The summed E-state index contributed by atoms with van der Waals surface area (Å²) in [7, 11) is 0. The molecule has 1 aromatic heterocycles. The van der Waals surface area contributed by atoms with Gasteiger partial charge in [-0.15, -0.1) is 0 Å². The molecule has 18 nitrogen and oxygen atoms in total. The lowest BCUT2D eigenvalue weighted by molar-refractivity contribution is -0.394. The molecule has 2 amide bonds. The van der Waals surface area contributed by atoms with Crippen LogP contribution in [-0.2, 0) is 0 Å². The highest BCUT2D eigenvalue weighted by Gasteiger charge is 2.22. The molecule has 6 aromatic rings. The lowest BCUT2D eigenvalue weighted by Crippen LogP contribution is -2.12. The molecule has 0 fully saturated rings. The summed E-state index contributed by atoms with van der Waals surface area (Å²) in [5.41, 5.74) is 0.580. The van der Waals surface area contributed by atoms with E-state index in [4.69, 9.17) is 9.97 Å². The summed E-state index contributed by atoms with van der Waals surface area (Å²) < 4.78 is 0. The van der Waals surface area contributed by atoms with Crippen molar-refractivity contribution >= 4 is 45.9 Å². The maximum Gasteiger partial charge on any atom is 0.277 e. The number of carbonyl (C=O) groups excluding carboxylic acids is 2. The van der Waals surface area contributed by atoms with Crippen LogP contribution >= 0.6 is 0 Å². The van der Waals surface area contributed by atoms with Gasteiger partial charge in [-0.25, -0.2) is 9.97 Å². The Morgan fingerprint density at radius 1 is 0.444 bits per heavy atom. The Morgan fingerprint density at radius 2 is 0.796 bits per heavy atom. The number of amides is 2. The molecular weight excluding hydrogens is 704 g/mol. The maximum absolute atomic E-state index is 12.9. The highest BCUT2D eigenvalue weighted by molar-refractivity contribution is 6.06. The van der Waals surface area contributed by atoms with Crippen LogP contribution in [0.1, 0.15) is 20.7 Å². The van der Waals surface area contributed by atoms with Gasteiger partial charge in [0.2, 0.25) is 0 Å². The lowest BCUT2D eigenvalue weighted by atomic mass is 10.1. The second kappa shape index (κ2) is 14.9. The molecule has 0 saturated heterocycles. The van der Waals surface area contributed by atoms with Gasteiger partial charge in [0, 0.05) is 52.3 Å². The molecule has 6 rings (SSSR count). The molecule has 54 heavy (non-hydrogen) atoms. The third-order valence-electron chi connectivity index (χ3n) is 7.81. The number of aromatic nitrogens is 2. The minimum absolute atomic E-state index is 0.272. The summed E-state index contributed by atoms with van der Waals surface area (Å²) in [6.45, 7) is 0. The Hall–Kier alpha value is -8.28. The van der Waals surface area contributed by atoms with Crippen molar-refractivity contribution in [3.8, 4) is 33.9 Å². The van der Waals surface area contributed by atoms with E-state index in [1.807, 2.05) is 30.3 Å². The third kappa shape index (κ3) is 8.02. The van der Waals surface area contributed by atoms with E-state index in [0.717, 1.165) is 36.4 Å². The molecule has 0 unspecified atom stereocenters. The highest BCUT2D eigenvalue weighted by Crippen LogP contribution is 2.30. The Labute approximate surface area is 302 Å². The average Bonchev–Trinajstić information content (AvgIpc) is 3.18. The van der Waals surface area contributed by atoms with Gasteiger partial charge in [0.05, 0.1) is 54.3 Å². The van der Waals surface area contributed by atoms with E-state index in [9.17, 15) is 50.0 Å². The van der Waals surface area contributed by atoms with Gasteiger partial charge in [-0.05, 0) is 30.3 Å². The summed E-state index contributed by atoms with van der Waals surface area (Å²) in [6, 6.07) is 29.1. The van der Waals surface area contributed by atoms with Gasteiger partial charge >= 0.3 is 0 Å². The van der Waals surface area contributed by atoms with Gasteiger partial charge in [-0.2, -0.15) is 0 Å². The number of anilines is 2. The van der Waals surface area contributed by atoms with Gasteiger partial charge in [0.25, 0.3) is 34.6 Å². The summed E-state index contributed by atoms with van der Waals surface area (Å²) in [4.78, 5) is 77.0. The van der Waals surface area contributed by atoms with Gasteiger partial charge in [0.1, 0.15) is 0 Å². The number of nitrogens with zero attached hydrogens (tertiary/aromatic N) is 6. The van der Waals surface area contributed by atoms with E-state index in [2.05, 4.69) is 10.6 Å². The molecule has 0 radical (unpaired) electrons. The Balaban J connectivity index is 1.26. The van der Waals surface area contributed by atoms with Crippen LogP contribution in [-0.4, -0.2) is 41.5 Å². The van der Waals surface area contributed by atoms with Crippen LogP contribution in [0.5, 0.6) is 0 Å². The van der Waals surface area contributed by atoms with Gasteiger partial charge in [0.15, 0.2) is 5.82 Å². The van der Waals surface area contributed by atoms with Crippen LogP contribution in [0.2, 0.25) is 0 Å². The van der Waals surface area contributed by atoms with Crippen LogP contribution in [0.4, 0.5) is 34.1 Å². The van der Waals surface area contributed by atoms with Gasteiger partial charge in [-0.3, -0.25) is 50.0 Å². The quantitative estimate of drug-likeness (QED) is 0.0965. The predicted octanol–water partition coefficient (Wildman–Crippen LogP) is 7.62. The monoisotopic (exact) mass is 726 g/mol. The van der Waals surface area contributed by atoms with E-state index in [0.29, 0.717) is 45.3 Å². The Bertz CT molecular complexity index is 2280. The van der Waals surface area contributed by atoms with E-state index < -0.39 is 54.3 Å². The molecule has 0 aliphatic heterocycles. The normalized spacial score (nSPS) is 10.6. The molecule has 18 heteroatoms. The number of nitrogens with one attached hydrogen (secondary N) is 2. The molecule has 1 heterocycles. The minimum Gasteiger partial charge on any atom is -0.322 e. The largest absolute Gasteiger partial charge is 0.322 e. The molecule has 0 bridgehead atoms. The number of nitro benzene ring substituents is 4. The fourth-order valence-electron chi connectivity index (χ4n) is 5.19. The molecule has 266 valence electrons. The van der Waals surface area contributed by atoms with Crippen LogP contribution < -0.4 is 10.6 Å². The van der Waals surface area contributed by atoms with E-state index in [-0.39, 0.29) is 11.1 Å². The van der Waals surface area contributed by atoms with Gasteiger partial charge in [-0.1, -0.05) is 54.6 Å². The highest BCUT2D eigenvalue weighted by atomic mass is 16.6. The van der Waals surface area contributed by atoms with Crippen molar-refractivity contribution in [2.45, 2.75) is 0 Å². The predicted molar refractivity (Wildman–Crippen MR) is 194 cm³/mol. The minimum atomic E-state index is -0.829. The fraction of sp³-hybridized carbons (Fsp3) is 0. The first-order valence-corrected chi connectivity index (χ1v) is 15.5. The van der Waals surface area contributed by atoms with Crippen LogP contribution in [0.15, 0.2) is 121 Å². The number of non-ortho nitro benzene ring substituents is 4. The summed E-state index contributed by atoms with van der Waals surface area (Å²) in [5.74, 6) is -1.20. The summed E-state index contributed by atoms with van der Waals surface area (Å²) in [6.07, 6.45) is 0. The number of hydrogen-bond donors (Lipinski definition) is 2. The molecule has 0 aliphatic rings. The molecule has 0 atom stereocenters. The van der Waals surface area contributed by atoms with Crippen LogP contribution in [0.3, 0.4) is 0 Å². The van der Waals surface area contributed by atoms with Crippen molar-refractivity contribution < 1.29 is 29.3 Å². The average molecular weight is 727 g/mol. The zero-order valence-electron chi connectivity index (χ0n) is 27.3. The second-order valence-electron chi connectivity index (χ2n) is 11.4. The SMILES string of the molecule is O=C(Nc1ccc(-c2cc(-c3ccc(NC(=O)c4cc([N+](=O)[O-])cc([N+](=O)[O-])c4)cc3)nc(-c3ccccc3)n2)cc1)c1cc([N+](=O)[O-])cc([N+](=O)[O-])c1. The van der Waals surface area contributed by atoms with Crippen molar-refractivity contribution in [3.05, 3.63) is 173 Å². The Morgan fingerprint density at radius 3 is 1.13 bits per heavy atom. The maximum atomic E-state index is 12.9. The molecular formula is C36H22N8O10. The zero-order chi connectivity index (χ0) is 38.5. The fourth-order valence-corrected chi connectivity index (χ4v) is 5.19. The van der Waals surface area contributed by atoms with E-state index in [1.54, 1.807) is 54.6 Å². The third-order valence-corrected chi connectivity index (χ3v) is 7.81. The van der Waals surface area contributed by atoms with Gasteiger partial charge < -0.3 is 10.6 Å². The number of rotatable bonds is 11. The summed E-state index contributed by atoms with van der Waals surface area (Å²) in [5, 5.41) is 50.2. The van der Waals surface area contributed by atoms with Crippen molar-refractivity contribution in [2.75, 3.05) is 10.6 Å². The molecule has 5 aromatic carbocycles. The first-order chi connectivity index (χ1) is 25.8. The molecule has 0 saturated carbocycles. The smallest absolute Gasteiger partial charge is 0.277 e. The van der Waals surface area contributed by atoms with Crippen molar-refractivity contribution in [2.24, 2.45) is 0 Å². The topological polar surface area (TPSA) is 257 Å². The van der Waals surface area contributed by atoms with E-state index >= 15 is 0 Å².